The Morgan fingerprint density at radius 3 is 2.63 bits per heavy atom. The van der Waals surface area contributed by atoms with Crippen LogP contribution in [0.5, 0.6) is 11.5 Å². The number of halogens is 2. The van der Waals surface area contributed by atoms with Crippen molar-refractivity contribution in [2.75, 3.05) is 7.11 Å². The molecular weight excluding hydrogens is 260 g/mol. The lowest BCUT2D eigenvalue weighted by molar-refractivity contribution is -0.139. The standard InChI is InChI=1S/C12H15F2NO4/c1-7(11(16)17)15-6-8-3-4-9(19-12(13)14)10(5-8)18-2/h3-5,7,12,15H,6H2,1-2H3,(H,16,17). The zero-order chi connectivity index (χ0) is 14.4. The third-order valence-corrected chi connectivity index (χ3v) is 2.43. The van der Waals surface area contributed by atoms with Gasteiger partial charge in [0.25, 0.3) is 0 Å². The first-order chi connectivity index (χ1) is 8.93. The van der Waals surface area contributed by atoms with Crippen molar-refractivity contribution in [1.29, 1.82) is 0 Å². The molecule has 1 aromatic carbocycles. The number of hydrogen-bond acceptors (Lipinski definition) is 4. The van der Waals surface area contributed by atoms with E-state index in [-0.39, 0.29) is 18.0 Å². The Balaban J connectivity index is 2.73. The van der Waals surface area contributed by atoms with E-state index >= 15 is 0 Å². The maximum absolute atomic E-state index is 12.1. The van der Waals surface area contributed by atoms with Gasteiger partial charge in [-0.1, -0.05) is 6.07 Å². The highest BCUT2D eigenvalue weighted by Gasteiger charge is 2.13. The number of carboxylic acid groups (broad SMARTS) is 1. The van der Waals surface area contributed by atoms with E-state index in [1.165, 1.54) is 26.2 Å². The average Bonchev–Trinajstić information content (AvgIpc) is 2.36. The molecule has 1 atom stereocenters. The monoisotopic (exact) mass is 275 g/mol. The smallest absolute Gasteiger partial charge is 0.387 e. The van der Waals surface area contributed by atoms with Crippen LogP contribution in [0.2, 0.25) is 0 Å². The summed E-state index contributed by atoms with van der Waals surface area (Å²) >= 11 is 0. The highest BCUT2D eigenvalue weighted by atomic mass is 19.3. The first-order valence-corrected chi connectivity index (χ1v) is 5.52. The molecule has 0 saturated heterocycles. The maximum atomic E-state index is 12.1. The molecular formula is C12H15F2NO4. The molecule has 0 bridgehead atoms. The molecule has 0 spiro atoms. The number of benzene rings is 1. The largest absolute Gasteiger partial charge is 0.493 e. The van der Waals surface area contributed by atoms with E-state index in [4.69, 9.17) is 9.84 Å². The minimum absolute atomic E-state index is 0.0625. The number of nitrogens with one attached hydrogen (secondary N) is 1. The molecule has 5 nitrogen and oxygen atoms in total. The molecule has 0 aliphatic heterocycles. The van der Waals surface area contributed by atoms with Crippen molar-refractivity contribution in [2.45, 2.75) is 26.1 Å². The first kappa shape index (κ1) is 15.2. The highest BCUT2D eigenvalue weighted by Crippen LogP contribution is 2.29. The second kappa shape index (κ2) is 6.89. The summed E-state index contributed by atoms with van der Waals surface area (Å²) in [5, 5.41) is 11.5. The third kappa shape index (κ3) is 4.70. The Labute approximate surface area is 109 Å². The van der Waals surface area contributed by atoms with Crippen LogP contribution in [0.4, 0.5) is 8.78 Å². The van der Waals surface area contributed by atoms with Crippen molar-refractivity contribution in [3.8, 4) is 11.5 Å². The van der Waals surface area contributed by atoms with E-state index < -0.39 is 18.6 Å². The predicted octanol–water partition coefficient (Wildman–Crippen LogP) is 1.86. The molecule has 0 fully saturated rings. The summed E-state index contributed by atoms with van der Waals surface area (Å²) in [7, 11) is 1.34. The lowest BCUT2D eigenvalue weighted by Gasteiger charge is -2.13. The van der Waals surface area contributed by atoms with Crippen LogP contribution in [0.1, 0.15) is 12.5 Å². The minimum atomic E-state index is -2.93. The Morgan fingerprint density at radius 2 is 2.11 bits per heavy atom. The molecule has 1 rings (SSSR count). The number of alkyl halides is 2. The number of methoxy groups -OCH3 is 1. The molecule has 0 aromatic heterocycles. The molecule has 0 aliphatic carbocycles. The van der Waals surface area contributed by atoms with Crippen molar-refractivity contribution in [1.82, 2.24) is 5.32 Å². The van der Waals surface area contributed by atoms with Crippen LogP contribution in [0.25, 0.3) is 0 Å². The molecule has 0 aliphatic rings. The molecule has 0 radical (unpaired) electrons. The molecule has 0 heterocycles. The summed E-state index contributed by atoms with van der Waals surface area (Å²) in [5.41, 5.74) is 0.701. The maximum Gasteiger partial charge on any atom is 0.387 e. The van der Waals surface area contributed by atoms with Crippen LogP contribution < -0.4 is 14.8 Å². The van der Waals surface area contributed by atoms with Gasteiger partial charge in [-0.15, -0.1) is 0 Å². The van der Waals surface area contributed by atoms with Crippen molar-refractivity contribution in [2.24, 2.45) is 0 Å². The fourth-order valence-corrected chi connectivity index (χ4v) is 1.37. The van der Waals surface area contributed by atoms with Gasteiger partial charge in [0, 0.05) is 6.54 Å². The summed E-state index contributed by atoms with van der Waals surface area (Å²) in [4.78, 5) is 10.6. The molecule has 1 unspecified atom stereocenters. The van der Waals surface area contributed by atoms with Crippen molar-refractivity contribution in [3.05, 3.63) is 23.8 Å². The molecule has 19 heavy (non-hydrogen) atoms. The summed E-state index contributed by atoms with van der Waals surface area (Å²) < 4.78 is 33.5. The second-order valence-corrected chi connectivity index (χ2v) is 3.80. The van der Waals surface area contributed by atoms with Crippen molar-refractivity contribution < 1.29 is 28.2 Å². The number of aliphatic carboxylic acids is 1. The Bertz CT molecular complexity index is 440. The van der Waals surface area contributed by atoms with Gasteiger partial charge in [0.2, 0.25) is 0 Å². The van der Waals surface area contributed by atoms with E-state index in [0.717, 1.165) is 0 Å². The van der Waals surface area contributed by atoms with Gasteiger partial charge in [0.05, 0.1) is 7.11 Å². The first-order valence-electron chi connectivity index (χ1n) is 5.52. The van der Waals surface area contributed by atoms with Crippen molar-refractivity contribution in [3.63, 3.8) is 0 Å². The van der Waals surface area contributed by atoms with E-state index in [2.05, 4.69) is 10.1 Å². The van der Waals surface area contributed by atoms with Gasteiger partial charge >= 0.3 is 12.6 Å². The number of carbonyl (C=O) groups is 1. The fourth-order valence-electron chi connectivity index (χ4n) is 1.37. The quantitative estimate of drug-likeness (QED) is 0.795. The van der Waals surface area contributed by atoms with Crippen molar-refractivity contribution >= 4 is 5.97 Å². The zero-order valence-electron chi connectivity index (χ0n) is 10.5. The molecule has 7 heteroatoms. The van der Waals surface area contributed by atoms with Crippen LogP contribution in [0, 0.1) is 0 Å². The summed E-state index contributed by atoms with van der Waals surface area (Å²) in [5.74, 6) is -0.861. The number of hydrogen-bond donors (Lipinski definition) is 2. The van der Waals surface area contributed by atoms with Gasteiger partial charge < -0.3 is 19.9 Å². The Hall–Kier alpha value is -1.89. The van der Waals surface area contributed by atoms with E-state index in [0.29, 0.717) is 5.56 Å². The van der Waals surface area contributed by atoms with Gasteiger partial charge in [-0.05, 0) is 24.6 Å². The topological polar surface area (TPSA) is 67.8 Å². The number of carboxylic acids is 1. The SMILES string of the molecule is COc1cc(CNC(C)C(=O)O)ccc1OC(F)F. The van der Waals surface area contributed by atoms with Crippen LogP contribution in [0.3, 0.4) is 0 Å². The molecule has 106 valence electrons. The van der Waals surface area contributed by atoms with Crippen LogP contribution in [0.15, 0.2) is 18.2 Å². The van der Waals surface area contributed by atoms with E-state index in [9.17, 15) is 13.6 Å². The van der Waals surface area contributed by atoms with Gasteiger partial charge in [-0.2, -0.15) is 8.78 Å². The van der Waals surface area contributed by atoms with Gasteiger partial charge in [-0.25, -0.2) is 0 Å². The van der Waals surface area contributed by atoms with Gasteiger partial charge in [0.15, 0.2) is 11.5 Å². The van der Waals surface area contributed by atoms with E-state index in [1.807, 2.05) is 0 Å². The van der Waals surface area contributed by atoms with Crippen LogP contribution >= 0.6 is 0 Å². The van der Waals surface area contributed by atoms with Gasteiger partial charge in [0.1, 0.15) is 6.04 Å². The fraction of sp³-hybridized carbons (Fsp3) is 0.417. The van der Waals surface area contributed by atoms with Crippen LogP contribution in [-0.2, 0) is 11.3 Å². The second-order valence-electron chi connectivity index (χ2n) is 3.80. The molecule has 2 N–H and O–H groups in total. The summed E-state index contributed by atoms with van der Waals surface area (Å²) in [6.45, 7) is -1.14. The average molecular weight is 275 g/mol. The number of ether oxygens (including phenoxy) is 2. The van der Waals surface area contributed by atoms with Crippen LogP contribution in [-0.4, -0.2) is 30.8 Å². The normalized spacial score (nSPS) is 12.3. The molecule has 0 saturated carbocycles. The molecule has 0 amide bonds. The van der Waals surface area contributed by atoms with Gasteiger partial charge in [-0.3, -0.25) is 4.79 Å². The summed E-state index contributed by atoms with van der Waals surface area (Å²) in [6, 6.07) is 3.72. The number of rotatable bonds is 7. The third-order valence-electron chi connectivity index (χ3n) is 2.43. The lowest BCUT2D eigenvalue weighted by Crippen LogP contribution is -2.33. The Kier molecular flexibility index (Phi) is 5.50. The lowest BCUT2D eigenvalue weighted by atomic mass is 10.2. The summed E-state index contributed by atoms with van der Waals surface area (Å²) in [6.07, 6.45) is 0. The predicted molar refractivity (Wildman–Crippen MR) is 63.6 cm³/mol. The van der Waals surface area contributed by atoms with E-state index in [1.54, 1.807) is 6.07 Å². The zero-order valence-corrected chi connectivity index (χ0v) is 10.5. The minimum Gasteiger partial charge on any atom is -0.493 e. The molecule has 1 aromatic rings. The highest BCUT2D eigenvalue weighted by molar-refractivity contribution is 5.72. The Morgan fingerprint density at radius 1 is 1.42 bits per heavy atom.